The first-order valence-corrected chi connectivity index (χ1v) is 3.02. The summed E-state index contributed by atoms with van der Waals surface area (Å²) in [6, 6.07) is 0. The van der Waals surface area contributed by atoms with Crippen molar-refractivity contribution in [2.24, 2.45) is 16.5 Å². The first-order valence-electron chi connectivity index (χ1n) is 2.64. The molecule has 0 radical (unpaired) electrons. The lowest BCUT2D eigenvalue weighted by Crippen LogP contribution is -1.97. The minimum atomic E-state index is 0.169. The van der Waals surface area contributed by atoms with Crippen LogP contribution in [0.15, 0.2) is 29.2 Å². The molecule has 0 aliphatic rings. The van der Waals surface area contributed by atoms with E-state index in [0.29, 0.717) is 5.70 Å². The van der Waals surface area contributed by atoms with Crippen LogP contribution >= 0.6 is 11.6 Å². The second kappa shape index (κ2) is 3.95. The van der Waals surface area contributed by atoms with E-state index in [0.717, 1.165) is 0 Å². The SMILES string of the molecule is C=C(N)/N=C(Cl)\C=C(\C)N. The minimum absolute atomic E-state index is 0.169. The monoisotopic (exact) mass is 159 g/mol. The zero-order chi connectivity index (χ0) is 8.15. The summed E-state index contributed by atoms with van der Waals surface area (Å²) in [5.41, 5.74) is 11.0. The van der Waals surface area contributed by atoms with Crippen molar-refractivity contribution < 1.29 is 0 Å². The van der Waals surface area contributed by atoms with Crippen molar-refractivity contribution in [3.63, 3.8) is 0 Å². The van der Waals surface area contributed by atoms with Crippen LogP contribution in [-0.4, -0.2) is 5.17 Å². The molecule has 0 unspecified atom stereocenters. The van der Waals surface area contributed by atoms with Crippen molar-refractivity contribution in [1.29, 1.82) is 0 Å². The number of aliphatic imine (C=N–C) groups is 1. The van der Waals surface area contributed by atoms with Crippen LogP contribution in [0.5, 0.6) is 0 Å². The van der Waals surface area contributed by atoms with E-state index in [1.54, 1.807) is 6.92 Å². The van der Waals surface area contributed by atoms with Crippen LogP contribution in [0.3, 0.4) is 0 Å². The van der Waals surface area contributed by atoms with Crippen molar-refractivity contribution in [2.45, 2.75) is 6.92 Å². The maximum absolute atomic E-state index is 5.52. The normalized spacial score (nSPS) is 13.4. The van der Waals surface area contributed by atoms with E-state index in [4.69, 9.17) is 23.1 Å². The molecule has 0 aromatic carbocycles. The Morgan fingerprint density at radius 1 is 1.60 bits per heavy atom. The van der Waals surface area contributed by atoms with Crippen LogP contribution in [0.25, 0.3) is 0 Å². The molecule has 4 heteroatoms. The summed E-state index contributed by atoms with van der Waals surface area (Å²) in [6.07, 6.45) is 1.50. The highest BCUT2D eigenvalue weighted by Gasteiger charge is 1.87. The maximum Gasteiger partial charge on any atom is 0.133 e. The molecule has 0 amide bonds. The molecule has 0 fully saturated rings. The molecule has 0 aromatic rings. The molecule has 56 valence electrons. The van der Waals surface area contributed by atoms with Crippen molar-refractivity contribution in [3.05, 3.63) is 24.2 Å². The summed E-state index contributed by atoms with van der Waals surface area (Å²) in [4.78, 5) is 3.63. The van der Waals surface area contributed by atoms with Gasteiger partial charge in [0.15, 0.2) is 0 Å². The Morgan fingerprint density at radius 2 is 2.10 bits per heavy atom. The fourth-order valence-corrected chi connectivity index (χ4v) is 0.638. The number of nitrogens with two attached hydrogens (primary N) is 2. The fraction of sp³-hybridized carbons (Fsp3) is 0.167. The van der Waals surface area contributed by atoms with Gasteiger partial charge in [-0.15, -0.1) is 0 Å². The summed E-state index contributed by atoms with van der Waals surface area (Å²) in [7, 11) is 0. The lowest BCUT2D eigenvalue weighted by Gasteiger charge is -1.90. The van der Waals surface area contributed by atoms with Gasteiger partial charge in [-0.25, -0.2) is 4.99 Å². The highest BCUT2D eigenvalue weighted by molar-refractivity contribution is 6.68. The van der Waals surface area contributed by atoms with Gasteiger partial charge in [-0.05, 0) is 13.0 Å². The molecule has 10 heavy (non-hydrogen) atoms. The van der Waals surface area contributed by atoms with E-state index in [9.17, 15) is 0 Å². The van der Waals surface area contributed by atoms with Gasteiger partial charge >= 0.3 is 0 Å². The van der Waals surface area contributed by atoms with E-state index in [-0.39, 0.29) is 11.0 Å². The Hall–Kier alpha value is -0.960. The van der Waals surface area contributed by atoms with E-state index in [2.05, 4.69) is 11.6 Å². The molecule has 0 atom stereocenters. The zero-order valence-electron chi connectivity index (χ0n) is 5.76. The smallest absolute Gasteiger partial charge is 0.133 e. The summed E-state index contributed by atoms with van der Waals surface area (Å²) in [5.74, 6) is 0.169. The van der Waals surface area contributed by atoms with Crippen molar-refractivity contribution in [3.8, 4) is 0 Å². The van der Waals surface area contributed by atoms with Gasteiger partial charge in [0.2, 0.25) is 0 Å². The standard InChI is InChI=1S/C6H10ClN3/c1-4(8)3-6(7)10-5(2)9/h3H,2,8-9H2,1H3/b4-3-,10-6+. The van der Waals surface area contributed by atoms with Crippen molar-refractivity contribution in [1.82, 2.24) is 0 Å². The average Bonchev–Trinajstić information content (AvgIpc) is 1.58. The Bertz CT molecular complexity index is 189. The summed E-state index contributed by atoms with van der Waals surface area (Å²) in [5, 5.41) is 0.243. The first-order chi connectivity index (χ1) is 4.52. The average molecular weight is 160 g/mol. The number of rotatable bonds is 2. The van der Waals surface area contributed by atoms with E-state index < -0.39 is 0 Å². The molecule has 0 aliphatic carbocycles. The molecule has 3 nitrogen and oxygen atoms in total. The molecule has 4 N–H and O–H groups in total. The molecular formula is C6H10ClN3. The van der Waals surface area contributed by atoms with Crippen LogP contribution in [0, 0.1) is 0 Å². The summed E-state index contributed by atoms with van der Waals surface area (Å²) >= 11 is 5.52. The molecule has 0 saturated heterocycles. The molecule has 0 aliphatic heterocycles. The molecular weight excluding hydrogens is 150 g/mol. The molecule has 0 aromatic heterocycles. The van der Waals surface area contributed by atoms with E-state index in [1.807, 2.05) is 0 Å². The lowest BCUT2D eigenvalue weighted by molar-refractivity contribution is 1.26. The minimum Gasteiger partial charge on any atom is -0.402 e. The highest BCUT2D eigenvalue weighted by atomic mass is 35.5. The van der Waals surface area contributed by atoms with Crippen LogP contribution < -0.4 is 11.5 Å². The van der Waals surface area contributed by atoms with Gasteiger partial charge < -0.3 is 11.5 Å². The molecule has 0 heterocycles. The number of hydrogen-bond acceptors (Lipinski definition) is 3. The van der Waals surface area contributed by atoms with Gasteiger partial charge in [-0.2, -0.15) is 0 Å². The van der Waals surface area contributed by atoms with E-state index in [1.165, 1.54) is 6.08 Å². The van der Waals surface area contributed by atoms with Gasteiger partial charge in [0, 0.05) is 5.70 Å². The van der Waals surface area contributed by atoms with Crippen molar-refractivity contribution >= 4 is 16.8 Å². The summed E-state index contributed by atoms with van der Waals surface area (Å²) < 4.78 is 0. The number of nitrogens with zero attached hydrogens (tertiary/aromatic N) is 1. The molecule has 0 saturated carbocycles. The first kappa shape index (κ1) is 9.04. The number of allylic oxidation sites excluding steroid dienone is 2. The summed E-state index contributed by atoms with van der Waals surface area (Å²) in [6.45, 7) is 5.04. The Balaban J connectivity index is 4.22. The van der Waals surface area contributed by atoms with Gasteiger partial charge in [-0.1, -0.05) is 18.2 Å². The lowest BCUT2D eigenvalue weighted by atomic mass is 10.5. The Labute approximate surface area is 65.1 Å². The van der Waals surface area contributed by atoms with Gasteiger partial charge in [-0.3, -0.25) is 0 Å². The van der Waals surface area contributed by atoms with Crippen LogP contribution in [-0.2, 0) is 0 Å². The number of hydrogen-bond donors (Lipinski definition) is 2. The quantitative estimate of drug-likeness (QED) is 0.589. The Kier molecular flexibility index (Phi) is 3.57. The van der Waals surface area contributed by atoms with Gasteiger partial charge in [0.05, 0.1) is 0 Å². The number of halogens is 1. The largest absolute Gasteiger partial charge is 0.402 e. The van der Waals surface area contributed by atoms with Crippen LogP contribution in [0.4, 0.5) is 0 Å². The van der Waals surface area contributed by atoms with Crippen molar-refractivity contribution in [2.75, 3.05) is 0 Å². The molecule has 0 bridgehead atoms. The fourth-order valence-electron chi connectivity index (χ4n) is 0.357. The Morgan fingerprint density at radius 3 is 2.40 bits per heavy atom. The predicted octanol–water partition coefficient (Wildman–Crippen LogP) is 0.916. The van der Waals surface area contributed by atoms with E-state index >= 15 is 0 Å². The van der Waals surface area contributed by atoms with Gasteiger partial charge in [0.25, 0.3) is 0 Å². The second-order valence-corrected chi connectivity index (χ2v) is 2.20. The molecule has 0 spiro atoms. The zero-order valence-corrected chi connectivity index (χ0v) is 6.52. The third kappa shape index (κ3) is 5.18. The van der Waals surface area contributed by atoms with Crippen LogP contribution in [0.2, 0.25) is 0 Å². The second-order valence-electron chi connectivity index (χ2n) is 1.81. The predicted molar refractivity (Wildman–Crippen MR) is 44.6 cm³/mol. The third-order valence-corrected chi connectivity index (χ3v) is 0.791. The topological polar surface area (TPSA) is 64.4 Å². The third-order valence-electron chi connectivity index (χ3n) is 0.597. The van der Waals surface area contributed by atoms with Gasteiger partial charge in [0.1, 0.15) is 11.0 Å². The maximum atomic E-state index is 5.52. The van der Waals surface area contributed by atoms with Crippen LogP contribution in [0.1, 0.15) is 6.92 Å². The highest BCUT2D eigenvalue weighted by Crippen LogP contribution is 1.93. The molecule has 0 rings (SSSR count).